The van der Waals surface area contributed by atoms with Crippen LogP contribution in [0.3, 0.4) is 0 Å². The van der Waals surface area contributed by atoms with Crippen molar-refractivity contribution in [3.8, 4) is 5.75 Å². The van der Waals surface area contributed by atoms with Gasteiger partial charge in [-0.1, -0.05) is 51.8 Å². The van der Waals surface area contributed by atoms with Crippen LogP contribution in [-0.2, 0) is 0 Å². The minimum atomic E-state index is 0.176. The molecule has 3 atom stereocenters. The summed E-state index contributed by atoms with van der Waals surface area (Å²) in [6, 6.07) is 12.5. The Labute approximate surface area is 149 Å². The molecule has 2 aromatic carbocycles. The standard InChI is InChI=1S/C19H17BrClNO/c1-23-17-9-8-11(20)10-15(17)18-13-5-2-4-12(13)14-6-3-7-16(21)19(14)22-18/h2-4,6-10,12-13,18,22H,5H2,1H3/t12-,13+,18-/m1/s1. The quantitative estimate of drug-likeness (QED) is 0.641. The van der Waals surface area contributed by atoms with Crippen LogP contribution in [0.4, 0.5) is 5.69 Å². The number of hydrogen-bond acceptors (Lipinski definition) is 2. The van der Waals surface area contributed by atoms with Gasteiger partial charge in [-0.05, 0) is 42.2 Å². The largest absolute Gasteiger partial charge is 0.496 e. The first-order valence-corrected chi connectivity index (χ1v) is 8.91. The van der Waals surface area contributed by atoms with E-state index in [0.717, 1.165) is 27.4 Å². The fourth-order valence-corrected chi connectivity index (χ4v) is 4.45. The van der Waals surface area contributed by atoms with Crippen molar-refractivity contribution in [2.45, 2.75) is 18.4 Å². The molecule has 4 rings (SSSR count). The maximum absolute atomic E-state index is 6.46. The first-order chi connectivity index (χ1) is 11.2. The van der Waals surface area contributed by atoms with Crippen molar-refractivity contribution in [1.29, 1.82) is 0 Å². The summed E-state index contributed by atoms with van der Waals surface area (Å²) in [6.45, 7) is 0. The Bertz CT molecular complexity index is 789. The van der Waals surface area contributed by atoms with Crippen molar-refractivity contribution in [3.05, 3.63) is 69.2 Å². The number of para-hydroxylation sites is 1. The smallest absolute Gasteiger partial charge is 0.124 e. The van der Waals surface area contributed by atoms with E-state index < -0.39 is 0 Å². The molecular weight excluding hydrogens is 374 g/mol. The molecule has 1 heterocycles. The van der Waals surface area contributed by atoms with Crippen molar-refractivity contribution in [3.63, 3.8) is 0 Å². The van der Waals surface area contributed by atoms with Crippen LogP contribution in [-0.4, -0.2) is 7.11 Å². The maximum atomic E-state index is 6.46. The molecule has 0 spiro atoms. The van der Waals surface area contributed by atoms with Crippen LogP contribution in [0.15, 0.2) is 53.0 Å². The van der Waals surface area contributed by atoms with Crippen molar-refractivity contribution >= 4 is 33.2 Å². The zero-order chi connectivity index (χ0) is 16.0. The van der Waals surface area contributed by atoms with Gasteiger partial charge in [0.2, 0.25) is 0 Å². The summed E-state index contributed by atoms with van der Waals surface area (Å²) >= 11 is 10.0. The monoisotopic (exact) mass is 389 g/mol. The minimum absolute atomic E-state index is 0.176. The Morgan fingerprint density at radius 2 is 2.09 bits per heavy atom. The van der Waals surface area contributed by atoms with Crippen molar-refractivity contribution in [2.75, 3.05) is 12.4 Å². The number of halogens is 2. The van der Waals surface area contributed by atoms with Crippen LogP contribution in [0.2, 0.25) is 5.02 Å². The van der Waals surface area contributed by atoms with Crippen LogP contribution in [0.1, 0.15) is 29.5 Å². The number of anilines is 1. The lowest BCUT2D eigenvalue weighted by Crippen LogP contribution is -2.29. The van der Waals surface area contributed by atoms with E-state index in [0.29, 0.717) is 11.8 Å². The third-order valence-electron chi connectivity index (χ3n) is 4.87. The molecule has 1 aliphatic carbocycles. The highest BCUT2D eigenvalue weighted by atomic mass is 79.9. The summed E-state index contributed by atoms with van der Waals surface area (Å²) in [5, 5.41) is 4.46. The average molecular weight is 391 g/mol. The van der Waals surface area contributed by atoms with Crippen LogP contribution < -0.4 is 10.1 Å². The van der Waals surface area contributed by atoms with Crippen LogP contribution in [0.25, 0.3) is 0 Å². The Morgan fingerprint density at radius 1 is 1.22 bits per heavy atom. The minimum Gasteiger partial charge on any atom is -0.496 e. The maximum Gasteiger partial charge on any atom is 0.124 e. The second-order valence-electron chi connectivity index (χ2n) is 6.07. The topological polar surface area (TPSA) is 21.3 Å². The lowest BCUT2D eigenvalue weighted by molar-refractivity contribution is 0.381. The fraction of sp³-hybridized carbons (Fsp3) is 0.263. The number of allylic oxidation sites excluding steroid dienone is 2. The molecule has 0 bridgehead atoms. The van der Waals surface area contributed by atoms with Gasteiger partial charge in [0, 0.05) is 16.0 Å². The number of ether oxygens (including phenoxy) is 1. The molecule has 1 N–H and O–H groups in total. The normalized spacial score (nSPS) is 24.7. The Morgan fingerprint density at radius 3 is 2.91 bits per heavy atom. The average Bonchev–Trinajstić information content (AvgIpc) is 3.04. The van der Waals surface area contributed by atoms with E-state index in [1.54, 1.807) is 7.11 Å². The third-order valence-corrected chi connectivity index (χ3v) is 5.68. The number of nitrogens with one attached hydrogen (secondary N) is 1. The van der Waals surface area contributed by atoms with Crippen molar-refractivity contribution in [2.24, 2.45) is 5.92 Å². The first-order valence-electron chi connectivity index (χ1n) is 7.74. The molecule has 0 amide bonds. The number of benzene rings is 2. The summed E-state index contributed by atoms with van der Waals surface area (Å²) in [4.78, 5) is 0. The van der Waals surface area contributed by atoms with E-state index in [-0.39, 0.29) is 6.04 Å². The van der Waals surface area contributed by atoms with Crippen LogP contribution in [0.5, 0.6) is 5.75 Å². The molecule has 1 aliphatic heterocycles. The van der Waals surface area contributed by atoms with Gasteiger partial charge >= 0.3 is 0 Å². The number of rotatable bonds is 2. The summed E-state index contributed by atoms with van der Waals surface area (Å²) < 4.78 is 6.66. The third kappa shape index (κ3) is 2.47. The van der Waals surface area contributed by atoms with E-state index in [2.05, 4.69) is 45.5 Å². The Hall–Kier alpha value is -1.45. The van der Waals surface area contributed by atoms with Crippen molar-refractivity contribution in [1.82, 2.24) is 0 Å². The molecule has 0 aromatic heterocycles. The van der Waals surface area contributed by atoms with Gasteiger partial charge in [0.1, 0.15) is 5.75 Å². The molecule has 0 radical (unpaired) electrons. The van der Waals surface area contributed by atoms with Gasteiger partial charge in [0.15, 0.2) is 0 Å². The summed E-state index contributed by atoms with van der Waals surface area (Å²) in [6.07, 6.45) is 5.66. The predicted molar refractivity (Wildman–Crippen MR) is 98.5 cm³/mol. The van der Waals surface area contributed by atoms with Gasteiger partial charge in [-0.2, -0.15) is 0 Å². The summed E-state index contributed by atoms with van der Waals surface area (Å²) in [5.74, 6) is 1.79. The van der Waals surface area contributed by atoms with E-state index >= 15 is 0 Å². The van der Waals surface area contributed by atoms with E-state index in [1.807, 2.05) is 24.3 Å². The van der Waals surface area contributed by atoms with E-state index in [9.17, 15) is 0 Å². The zero-order valence-electron chi connectivity index (χ0n) is 12.7. The summed E-state index contributed by atoms with van der Waals surface area (Å²) in [7, 11) is 1.72. The van der Waals surface area contributed by atoms with Gasteiger partial charge < -0.3 is 10.1 Å². The van der Waals surface area contributed by atoms with Crippen LogP contribution >= 0.6 is 27.5 Å². The van der Waals surface area contributed by atoms with Gasteiger partial charge in [0.05, 0.1) is 23.9 Å². The molecule has 4 heteroatoms. The molecule has 2 aromatic rings. The molecule has 2 nitrogen and oxygen atoms in total. The molecular formula is C19H17BrClNO. The lowest BCUT2D eigenvalue weighted by Gasteiger charge is -2.38. The fourth-order valence-electron chi connectivity index (χ4n) is 3.84. The molecule has 0 unspecified atom stereocenters. The number of methoxy groups -OCH3 is 1. The van der Waals surface area contributed by atoms with Gasteiger partial charge in [-0.25, -0.2) is 0 Å². The highest BCUT2D eigenvalue weighted by Gasteiger charge is 2.39. The van der Waals surface area contributed by atoms with Gasteiger partial charge in [0.25, 0.3) is 0 Å². The molecule has 0 saturated heterocycles. The second-order valence-corrected chi connectivity index (χ2v) is 7.39. The molecule has 23 heavy (non-hydrogen) atoms. The molecule has 2 aliphatic rings. The predicted octanol–water partition coefficient (Wildman–Crippen LogP) is 5.94. The Kier molecular flexibility index (Phi) is 3.86. The number of hydrogen-bond donors (Lipinski definition) is 1. The second kappa shape index (κ2) is 5.88. The van der Waals surface area contributed by atoms with Gasteiger partial charge in [-0.3, -0.25) is 0 Å². The summed E-state index contributed by atoms with van der Waals surface area (Å²) in [5.41, 5.74) is 3.52. The highest BCUT2D eigenvalue weighted by molar-refractivity contribution is 9.10. The zero-order valence-corrected chi connectivity index (χ0v) is 15.1. The first kappa shape index (κ1) is 15.1. The van der Waals surface area contributed by atoms with Crippen LogP contribution in [0, 0.1) is 5.92 Å². The van der Waals surface area contributed by atoms with Crippen molar-refractivity contribution < 1.29 is 4.74 Å². The molecule has 0 fully saturated rings. The SMILES string of the molecule is COc1ccc(Br)cc1[C@@H]1Nc2c(Cl)cccc2[C@@H]2C=CC[C@@H]21. The molecule has 0 saturated carbocycles. The molecule has 118 valence electrons. The van der Waals surface area contributed by atoms with E-state index in [4.69, 9.17) is 16.3 Å². The highest BCUT2D eigenvalue weighted by Crippen LogP contribution is 2.52. The van der Waals surface area contributed by atoms with E-state index in [1.165, 1.54) is 11.1 Å². The number of fused-ring (bicyclic) bond motifs is 3. The van der Waals surface area contributed by atoms with Gasteiger partial charge in [-0.15, -0.1) is 0 Å². The lowest BCUT2D eigenvalue weighted by atomic mass is 9.77. The Balaban J connectivity index is 1.85.